The van der Waals surface area contributed by atoms with Gasteiger partial charge in [0.1, 0.15) is 5.82 Å². The van der Waals surface area contributed by atoms with E-state index in [2.05, 4.69) is 26.2 Å². The highest BCUT2D eigenvalue weighted by atomic mass is 79.9. The van der Waals surface area contributed by atoms with Gasteiger partial charge < -0.3 is 5.32 Å². The number of hydrogen-bond acceptors (Lipinski definition) is 2. The lowest BCUT2D eigenvalue weighted by Gasteiger charge is -2.09. The largest absolute Gasteiger partial charge is 0.370 e. The molecule has 0 aliphatic carbocycles. The van der Waals surface area contributed by atoms with Gasteiger partial charge in [0.15, 0.2) is 0 Å². The fourth-order valence-corrected chi connectivity index (χ4v) is 2.45. The van der Waals surface area contributed by atoms with Crippen molar-refractivity contribution in [1.29, 1.82) is 0 Å². The minimum absolute atomic E-state index is 0.737. The van der Waals surface area contributed by atoms with Crippen molar-refractivity contribution < 1.29 is 0 Å². The number of anilines is 1. The first-order valence-corrected chi connectivity index (χ1v) is 5.87. The summed E-state index contributed by atoms with van der Waals surface area (Å²) in [6, 6.07) is 5.82. The van der Waals surface area contributed by atoms with E-state index in [0.29, 0.717) is 0 Å². The van der Waals surface area contributed by atoms with Crippen LogP contribution in [0.4, 0.5) is 5.82 Å². The van der Waals surface area contributed by atoms with E-state index in [0.717, 1.165) is 32.6 Å². The molecule has 1 aromatic carbocycles. The summed E-state index contributed by atoms with van der Waals surface area (Å²) < 4.78 is 0.921. The highest BCUT2D eigenvalue weighted by Crippen LogP contribution is 2.33. The van der Waals surface area contributed by atoms with E-state index < -0.39 is 0 Å². The zero-order chi connectivity index (χ0) is 10.8. The summed E-state index contributed by atoms with van der Waals surface area (Å²) in [6.45, 7) is 2.89. The van der Waals surface area contributed by atoms with Gasteiger partial charge in [0.25, 0.3) is 0 Å². The van der Waals surface area contributed by atoms with Crippen LogP contribution in [-0.4, -0.2) is 11.5 Å². The lowest BCUT2D eigenvalue weighted by molar-refractivity contribution is 1.17. The van der Waals surface area contributed by atoms with Crippen LogP contribution in [0.3, 0.4) is 0 Å². The topological polar surface area (TPSA) is 24.9 Å². The zero-order valence-electron chi connectivity index (χ0n) is 8.22. The van der Waals surface area contributed by atoms with Crippen LogP contribution in [0.2, 0.25) is 5.02 Å². The molecule has 0 unspecified atom stereocenters. The molecule has 2 nitrogen and oxygen atoms in total. The van der Waals surface area contributed by atoms with Crippen molar-refractivity contribution >= 4 is 44.1 Å². The van der Waals surface area contributed by atoms with E-state index in [-0.39, 0.29) is 0 Å². The predicted octanol–water partition coefficient (Wildman–Crippen LogP) is 4.08. The molecule has 2 rings (SSSR count). The maximum absolute atomic E-state index is 6.15. The van der Waals surface area contributed by atoms with Crippen LogP contribution in [0.1, 0.15) is 6.92 Å². The molecule has 0 aliphatic rings. The quantitative estimate of drug-likeness (QED) is 0.899. The fraction of sp³-hybridized carbons (Fsp3) is 0.182. The number of benzene rings is 1. The summed E-state index contributed by atoms with van der Waals surface area (Å²) in [6.07, 6.45) is 1.77. The van der Waals surface area contributed by atoms with E-state index in [1.54, 1.807) is 6.20 Å². The monoisotopic (exact) mass is 284 g/mol. The van der Waals surface area contributed by atoms with Crippen molar-refractivity contribution in [1.82, 2.24) is 4.98 Å². The molecule has 0 aliphatic heterocycles. The van der Waals surface area contributed by atoms with Crippen LogP contribution >= 0.6 is 27.5 Å². The van der Waals surface area contributed by atoms with Gasteiger partial charge in [-0.05, 0) is 28.9 Å². The summed E-state index contributed by atoms with van der Waals surface area (Å²) in [4.78, 5) is 4.32. The van der Waals surface area contributed by atoms with E-state index in [1.165, 1.54) is 0 Å². The first-order valence-electron chi connectivity index (χ1n) is 4.70. The van der Waals surface area contributed by atoms with Gasteiger partial charge >= 0.3 is 0 Å². The summed E-state index contributed by atoms with van der Waals surface area (Å²) in [5.74, 6) is 0.873. The summed E-state index contributed by atoms with van der Waals surface area (Å²) in [5.41, 5.74) is 0. The normalized spacial score (nSPS) is 10.6. The van der Waals surface area contributed by atoms with Gasteiger partial charge in [0.2, 0.25) is 0 Å². The Kier molecular flexibility index (Phi) is 3.12. The minimum atomic E-state index is 0.737. The number of pyridine rings is 1. The average molecular weight is 286 g/mol. The molecule has 0 saturated heterocycles. The Hall–Kier alpha value is -0.800. The minimum Gasteiger partial charge on any atom is -0.370 e. The third-order valence-electron chi connectivity index (χ3n) is 2.16. The van der Waals surface area contributed by atoms with Crippen LogP contribution in [-0.2, 0) is 0 Å². The second-order valence-electron chi connectivity index (χ2n) is 3.15. The molecule has 0 fully saturated rings. The van der Waals surface area contributed by atoms with Crippen molar-refractivity contribution in [3.8, 4) is 0 Å². The van der Waals surface area contributed by atoms with Gasteiger partial charge in [-0.15, -0.1) is 0 Å². The fourth-order valence-electron chi connectivity index (χ4n) is 1.53. The maximum atomic E-state index is 6.15. The molecule has 2 aromatic rings. The highest BCUT2D eigenvalue weighted by molar-refractivity contribution is 9.10. The molecule has 0 bridgehead atoms. The van der Waals surface area contributed by atoms with Crippen LogP contribution < -0.4 is 5.32 Å². The predicted molar refractivity (Wildman–Crippen MR) is 68.6 cm³/mol. The van der Waals surface area contributed by atoms with Crippen LogP contribution in [0.25, 0.3) is 10.8 Å². The van der Waals surface area contributed by atoms with Crippen LogP contribution in [0, 0.1) is 0 Å². The number of nitrogens with one attached hydrogen (secondary N) is 1. The molecule has 0 amide bonds. The number of rotatable bonds is 2. The summed E-state index contributed by atoms with van der Waals surface area (Å²) >= 11 is 9.61. The summed E-state index contributed by atoms with van der Waals surface area (Å²) in [5, 5.41) is 6.00. The molecule has 15 heavy (non-hydrogen) atoms. The lowest BCUT2D eigenvalue weighted by Crippen LogP contribution is -2.00. The zero-order valence-corrected chi connectivity index (χ0v) is 10.6. The van der Waals surface area contributed by atoms with Crippen molar-refractivity contribution in [2.24, 2.45) is 0 Å². The average Bonchev–Trinajstić information content (AvgIpc) is 2.22. The second-order valence-corrected chi connectivity index (χ2v) is 4.41. The SMILES string of the molecule is CCNc1ncc(Br)c2c(Cl)cccc12. The number of aromatic nitrogens is 1. The number of hydrogen-bond donors (Lipinski definition) is 1. The molecule has 0 atom stereocenters. The van der Waals surface area contributed by atoms with Crippen LogP contribution in [0.15, 0.2) is 28.9 Å². The second kappa shape index (κ2) is 4.37. The van der Waals surface area contributed by atoms with Crippen molar-refractivity contribution in [3.63, 3.8) is 0 Å². The first kappa shape index (κ1) is 10.7. The Morgan fingerprint density at radius 1 is 1.47 bits per heavy atom. The Morgan fingerprint density at radius 3 is 3.00 bits per heavy atom. The molecular formula is C11H10BrClN2. The van der Waals surface area contributed by atoms with Gasteiger partial charge in [-0.2, -0.15) is 0 Å². The highest BCUT2D eigenvalue weighted by Gasteiger charge is 2.07. The van der Waals surface area contributed by atoms with Gasteiger partial charge in [-0.25, -0.2) is 4.98 Å². The Morgan fingerprint density at radius 2 is 2.27 bits per heavy atom. The van der Waals surface area contributed by atoms with Gasteiger partial charge in [-0.3, -0.25) is 0 Å². The molecular weight excluding hydrogens is 275 g/mol. The Bertz CT molecular complexity index is 491. The van der Waals surface area contributed by atoms with E-state index >= 15 is 0 Å². The molecule has 1 heterocycles. The summed E-state index contributed by atoms with van der Waals surface area (Å²) in [7, 11) is 0. The van der Waals surface area contributed by atoms with Crippen molar-refractivity contribution in [2.45, 2.75) is 6.92 Å². The van der Waals surface area contributed by atoms with Gasteiger partial charge in [-0.1, -0.05) is 23.7 Å². The van der Waals surface area contributed by atoms with E-state index in [4.69, 9.17) is 11.6 Å². The third-order valence-corrected chi connectivity index (χ3v) is 3.07. The van der Waals surface area contributed by atoms with Crippen LogP contribution in [0.5, 0.6) is 0 Å². The number of fused-ring (bicyclic) bond motifs is 1. The number of halogens is 2. The Labute approximate surface area is 102 Å². The lowest BCUT2D eigenvalue weighted by atomic mass is 10.1. The van der Waals surface area contributed by atoms with Gasteiger partial charge in [0, 0.05) is 33.0 Å². The molecule has 1 N–H and O–H groups in total. The van der Waals surface area contributed by atoms with Crippen molar-refractivity contribution in [3.05, 3.63) is 33.9 Å². The first-order chi connectivity index (χ1) is 7.24. The molecule has 78 valence electrons. The third kappa shape index (κ3) is 1.94. The maximum Gasteiger partial charge on any atom is 0.133 e. The Balaban J connectivity index is 2.76. The van der Waals surface area contributed by atoms with Gasteiger partial charge in [0.05, 0.1) is 0 Å². The van der Waals surface area contributed by atoms with E-state index in [9.17, 15) is 0 Å². The molecule has 0 saturated carbocycles. The molecule has 1 aromatic heterocycles. The molecule has 0 radical (unpaired) electrons. The molecule has 4 heteroatoms. The van der Waals surface area contributed by atoms with Crippen molar-refractivity contribution in [2.75, 3.05) is 11.9 Å². The number of nitrogens with zero attached hydrogens (tertiary/aromatic N) is 1. The smallest absolute Gasteiger partial charge is 0.133 e. The standard InChI is InChI=1S/C11H10BrClN2/c1-2-14-11-7-4-3-5-9(13)10(7)8(12)6-15-11/h3-6H,2H2,1H3,(H,14,15). The molecule has 0 spiro atoms. The van der Waals surface area contributed by atoms with E-state index in [1.807, 2.05) is 25.1 Å².